The number of amides is 1. The predicted molar refractivity (Wildman–Crippen MR) is 125 cm³/mol. The third kappa shape index (κ3) is 4.42. The highest BCUT2D eigenvalue weighted by atomic mass is 16.6. The van der Waals surface area contributed by atoms with Gasteiger partial charge in [0, 0.05) is 18.5 Å². The van der Waals surface area contributed by atoms with Crippen LogP contribution in [0.15, 0.2) is 84.9 Å². The first-order chi connectivity index (χ1) is 15.6. The number of piperidine rings is 1. The van der Waals surface area contributed by atoms with Crippen molar-refractivity contribution < 1.29 is 14.6 Å². The Hall–Kier alpha value is -3.11. The number of carbonyl (C=O) groups is 1. The lowest BCUT2D eigenvalue weighted by atomic mass is 9.81. The van der Waals surface area contributed by atoms with Crippen LogP contribution in [-0.4, -0.2) is 33.8 Å². The topological polar surface area (TPSA) is 49.8 Å². The zero-order valence-electron chi connectivity index (χ0n) is 18.2. The van der Waals surface area contributed by atoms with Gasteiger partial charge in [-0.25, -0.2) is 4.79 Å². The minimum Gasteiger partial charge on any atom is -0.445 e. The third-order valence-corrected chi connectivity index (χ3v) is 6.86. The van der Waals surface area contributed by atoms with Crippen LogP contribution in [0.3, 0.4) is 0 Å². The molecule has 2 saturated heterocycles. The van der Waals surface area contributed by atoms with E-state index in [0.29, 0.717) is 19.3 Å². The number of hydrogen-bond donors (Lipinski definition) is 1. The maximum Gasteiger partial charge on any atom is 0.410 e. The van der Waals surface area contributed by atoms with Gasteiger partial charge in [-0.05, 0) is 47.9 Å². The molecule has 2 bridgehead atoms. The van der Waals surface area contributed by atoms with Crippen molar-refractivity contribution in [1.82, 2.24) is 4.90 Å². The number of benzene rings is 3. The predicted octanol–water partition coefficient (Wildman–Crippen LogP) is 5.59. The molecule has 0 aliphatic carbocycles. The Labute approximate surface area is 189 Å². The van der Waals surface area contributed by atoms with Crippen molar-refractivity contribution in [1.29, 1.82) is 0 Å². The fourth-order valence-corrected chi connectivity index (χ4v) is 5.38. The van der Waals surface area contributed by atoms with Crippen LogP contribution in [0.4, 0.5) is 4.79 Å². The van der Waals surface area contributed by atoms with Crippen LogP contribution < -0.4 is 0 Å². The van der Waals surface area contributed by atoms with Crippen LogP contribution in [0.25, 0.3) is 11.1 Å². The summed E-state index contributed by atoms with van der Waals surface area (Å²) in [6, 6.07) is 28.6. The molecule has 2 fully saturated rings. The van der Waals surface area contributed by atoms with Crippen LogP contribution in [0.5, 0.6) is 0 Å². The molecule has 4 nitrogen and oxygen atoms in total. The van der Waals surface area contributed by atoms with Gasteiger partial charge in [-0.1, -0.05) is 84.9 Å². The van der Waals surface area contributed by atoms with Crippen molar-refractivity contribution in [3.63, 3.8) is 0 Å². The second-order valence-electron chi connectivity index (χ2n) is 9.20. The Bertz CT molecular complexity index is 1040. The molecule has 3 aromatic rings. The molecular formula is C28H29NO3. The van der Waals surface area contributed by atoms with E-state index >= 15 is 0 Å². The molecule has 2 aliphatic rings. The van der Waals surface area contributed by atoms with Crippen LogP contribution in [0, 0.1) is 0 Å². The lowest BCUT2D eigenvalue weighted by Gasteiger charge is -2.43. The molecule has 1 N–H and O–H groups in total. The van der Waals surface area contributed by atoms with Gasteiger partial charge >= 0.3 is 6.09 Å². The average Bonchev–Trinajstić information content (AvgIpc) is 3.11. The lowest BCUT2D eigenvalue weighted by Crippen LogP contribution is -2.54. The first kappa shape index (κ1) is 20.8. The van der Waals surface area contributed by atoms with Crippen molar-refractivity contribution in [3.05, 3.63) is 96.1 Å². The Morgan fingerprint density at radius 3 is 2.00 bits per heavy atom. The lowest BCUT2D eigenvalue weighted by molar-refractivity contribution is -0.0485. The number of hydrogen-bond acceptors (Lipinski definition) is 3. The van der Waals surface area contributed by atoms with Gasteiger partial charge in [0.15, 0.2) is 0 Å². The normalized spacial score (nSPS) is 24.3. The highest BCUT2D eigenvalue weighted by molar-refractivity contribution is 5.69. The summed E-state index contributed by atoms with van der Waals surface area (Å²) in [7, 11) is 0. The van der Waals surface area contributed by atoms with Gasteiger partial charge in [-0.3, -0.25) is 0 Å². The Balaban J connectivity index is 1.22. The summed E-state index contributed by atoms with van der Waals surface area (Å²) < 4.78 is 5.60. The van der Waals surface area contributed by atoms with Gasteiger partial charge in [0.25, 0.3) is 0 Å². The molecule has 164 valence electrons. The number of rotatable bonds is 5. The maximum atomic E-state index is 12.8. The highest BCUT2D eigenvalue weighted by Gasteiger charge is 2.49. The number of aliphatic hydroxyl groups is 1. The molecule has 2 unspecified atom stereocenters. The van der Waals surface area contributed by atoms with E-state index in [2.05, 4.69) is 36.4 Å². The molecule has 3 aromatic carbocycles. The molecule has 4 heteroatoms. The van der Waals surface area contributed by atoms with Gasteiger partial charge < -0.3 is 14.7 Å². The molecule has 1 amide bonds. The van der Waals surface area contributed by atoms with Gasteiger partial charge in [0.05, 0.1) is 5.60 Å². The summed E-state index contributed by atoms with van der Waals surface area (Å²) in [6.45, 7) is 0.285. The highest BCUT2D eigenvalue weighted by Crippen LogP contribution is 2.42. The third-order valence-electron chi connectivity index (χ3n) is 6.86. The van der Waals surface area contributed by atoms with Crippen LogP contribution in [0.1, 0.15) is 36.8 Å². The van der Waals surface area contributed by atoms with E-state index in [1.165, 1.54) is 11.1 Å². The van der Waals surface area contributed by atoms with Crippen LogP contribution >= 0.6 is 0 Å². The molecule has 0 aromatic heterocycles. The smallest absolute Gasteiger partial charge is 0.410 e. The molecule has 5 rings (SSSR count). The Kier molecular flexibility index (Phi) is 5.71. The quantitative estimate of drug-likeness (QED) is 0.577. The van der Waals surface area contributed by atoms with Crippen LogP contribution in [-0.2, 0) is 17.8 Å². The van der Waals surface area contributed by atoms with Crippen molar-refractivity contribution in [2.75, 3.05) is 0 Å². The van der Waals surface area contributed by atoms with Crippen molar-refractivity contribution in [3.8, 4) is 11.1 Å². The molecule has 0 spiro atoms. The van der Waals surface area contributed by atoms with E-state index in [0.717, 1.165) is 24.0 Å². The summed E-state index contributed by atoms with van der Waals surface area (Å²) >= 11 is 0. The van der Waals surface area contributed by atoms with E-state index in [1.807, 2.05) is 53.4 Å². The zero-order valence-corrected chi connectivity index (χ0v) is 18.2. The fourth-order valence-electron chi connectivity index (χ4n) is 5.38. The molecule has 0 saturated carbocycles. The summed E-state index contributed by atoms with van der Waals surface area (Å²) in [5, 5.41) is 11.4. The molecule has 0 radical (unpaired) electrons. The monoisotopic (exact) mass is 427 g/mol. The minimum atomic E-state index is -0.781. The van der Waals surface area contributed by atoms with Gasteiger partial charge in [0.1, 0.15) is 6.61 Å². The second-order valence-corrected chi connectivity index (χ2v) is 9.20. The van der Waals surface area contributed by atoms with Crippen molar-refractivity contribution in [2.45, 2.75) is 56.4 Å². The van der Waals surface area contributed by atoms with E-state index < -0.39 is 5.60 Å². The standard InChI is InChI=1S/C28H29NO3/c30-27(32-20-22-7-3-1-4-8-22)29-25-15-16-26(29)19-28(31,18-25)17-21-11-13-24(14-12-21)23-9-5-2-6-10-23/h1-14,25-26,31H,15-20H2. The summed E-state index contributed by atoms with van der Waals surface area (Å²) in [6.07, 6.45) is 3.42. The zero-order chi connectivity index (χ0) is 22.0. The van der Waals surface area contributed by atoms with Crippen molar-refractivity contribution >= 4 is 6.09 Å². The average molecular weight is 428 g/mol. The SMILES string of the molecule is O=C(OCc1ccccc1)N1C2CCC1CC(O)(Cc1ccc(-c3ccccc3)cc1)C2. The van der Waals surface area contributed by atoms with Crippen LogP contribution in [0.2, 0.25) is 0 Å². The Morgan fingerprint density at radius 1 is 0.812 bits per heavy atom. The molecule has 2 aliphatic heterocycles. The van der Waals surface area contributed by atoms with Gasteiger partial charge in [-0.15, -0.1) is 0 Å². The first-order valence-corrected chi connectivity index (χ1v) is 11.5. The number of fused-ring (bicyclic) bond motifs is 2. The summed E-state index contributed by atoms with van der Waals surface area (Å²) in [4.78, 5) is 14.7. The summed E-state index contributed by atoms with van der Waals surface area (Å²) in [5.74, 6) is 0. The van der Waals surface area contributed by atoms with Gasteiger partial charge in [-0.2, -0.15) is 0 Å². The fraction of sp³-hybridized carbons (Fsp3) is 0.321. The summed E-state index contributed by atoms with van der Waals surface area (Å²) in [5.41, 5.74) is 3.71. The second kappa shape index (κ2) is 8.79. The van der Waals surface area contributed by atoms with Crippen molar-refractivity contribution in [2.24, 2.45) is 0 Å². The van der Waals surface area contributed by atoms with E-state index in [-0.39, 0.29) is 24.8 Å². The molecule has 2 atom stereocenters. The van der Waals surface area contributed by atoms with E-state index in [1.54, 1.807) is 0 Å². The number of carbonyl (C=O) groups excluding carboxylic acids is 1. The van der Waals surface area contributed by atoms with E-state index in [4.69, 9.17) is 4.74 Å². The number of nitrogens with zero attached hydrogens (tertiary/aromatic N) is 1. The van der Waals surface area contributed by atoms with E-state index in [9.17, 15) is 9.90 Å². The minimum absolute atomic E-state index is 0.0469. The Morgan fingerprint density at radius 2 is 1.38 bits per heavy atom. The number of ether oxygens (including phenoxy) is 1. The van der Waals surface area contributed by atoms with Gasteiger partial charge in [0.2, 0.25) is 0 Å². The largest absolute Gasteiger partial charge is 0.445 e. The molecule has 2 heterocycles. The first-order valence-electron chi connectivity index (χ1n) is 11.5. The maximum absolute atomic E-state index is 12.8. The molecular weight excluding hydrogens is 398 g/mol. The molecule has 32 heavy (non-hydrogen) atoms.